The van der Waals surface area contributed by atoms with Crippen molar-refractivity contribution in [2.75, 3.05) is 0 Å². The summed E-state index contributed by atoms with van der Waals surface area (Å²) < 4.78 is 0. The minimum absolute atomic E-state index is 0.222. The van der Waals surface area contributed by atoms with Crippen LogP contribution in [0.4, 0.5) is 0 Å². The molecule has 0 spiro atoms. The van der Waals surface area contributed by atoms with Crippen LogP contribution < -0.4 is 11.3 Å². The van der Waals surface area contributed by atoms with Gasteiger partial charge >= 0.3 is 0 Å². The maximum atomic E-state index is 6.06. The summed E-state index contributed by atoms with van der Waals surface area (Å²) in [5.74, 6) is 8.13. The number of rotatable bonds is 3. The van der Waals surface area contributed by atoms with Crippen molar-refractivity contribution in [2.45, 2.75) is 25.3 Å². The van der Waals surface area contributed by atoms with Gasteiger partial charge in [-0.05, 0) is 48.3 Å². The second-order valence-corrected chi connectivity index (χ2v) is 5.97. The number of fused-ring (bicyclic) bond motifs is 1. The summed E-state index contributed by atoms with van der Waals surface area (Å²) in [6.07, 6.45) is 4.09. The van der Waals surface area contributed by atoms with Crippen molar-refractivity contribution in [2.24, 2.45) is 23.6 Å². The van der Waals surface area contributed by atoms with Crippen LogP contribution in [0.1, 0.15) is 30.9 Å². The van der Waals surface area contributed by atoms with E-state index in [2.05, 4.69) is 5.43 Å². The Bertz CT molecular complexity index is 425. The first-order valence-corrected chi connectivity index (χ1v) is 6.89. The predicted molar refractivity (Wildman–Crippen MR) is 70.8 cm³/mol. The highest BCUT2D eigenvalue weighted by Gasteiger charge is 2.55. The van der Waals surface area contributed by atoms with Crippen LogP contribution in [-0.2, 0) is 0 Å². The zero-order valence-electron chi connectivity index (χ0n) is 9.50. The molecule has 0 aromatic heterocycles. The molecule has 3 N–H and O–H groups in total. The largest absolute Gasteiger partial charge is 0.271 e. The lowest BCUT2D eigenvalue weighted by Crippen LogP contribution is -2.30. The Morgan fingerprint density at radius 2 is 1.88 bits per heavy atom. The molecule has 0 saturated heterocycles. The summed E-state index contributed by atoms with van der Waals surface area (Å²) in [6, 6.07) is 6.02. The third-order valence-electron chi connectivity index (χ3n) is 4.34. The molecule has 3 unspecified atom stereocenters. The fourth-order valence-electron chi connectivity index (χ4n) is 3.51. The number of halogens is 2. The molecule has 2 aliphatic rings. The number of hydrogen-bond acceptors (Lipinski definition) is 2. The average molecular weight is 271 g/mol. The Balaban J connectivity index is 1.83. The summed E-state index contributed by atoms with van der Waals surface area (Å²) in [7, 11) is 0. The number of nitrogens with one attached hydrogen (secondary N) is 1. The van der Waals surface area contributed by atoms with Crippen LogP contribution in [0.3, 0.4) is 0 Å². The maximum absolute atomic E-state index is 6.06. The molecule has 0 heterocycles. The van der Waals surface area contributed by atoms with Gasteiger partial charge in [-0.15, -0.1) is 0 Å². The molecule has 2 nitrogen and oxygen atoms in total. The monoisotopic (exact) mass is 270 g/mol. The highest BCUT2D eigenvalue weighted by atomic mass is 35.5. The Morgan fingerprint density at radius 3 is 2.47 bits per heavy atom. The lowest BCUT2D eigenvalue weighted by atomic mass is 9.97. The molecule has 0 aliphatic heterocycles. The van der Waals surface area contributed by atoms with Crippen LogP contribution in [0.25, 0.3) is 0 Å². The number of hydrazine groups is 1. The van der Waals surface area contributed by atoms with Crippen molar-refractivity contribution < 1.29 is 0 Å². The van der Waals surface area contributed by atoms with Gasteiger partial charge in [0, 0.05) is 6.04 Å². The second kappa shape index (κ2) is 4.43. The molecule has 2 aliphatic carbocycles. The third-order valence-corrected chi connectivity index (χ3v) is 5.08. The molecule has 2 saturated carbocycles. The lowest BCUT2D eigenvalue weighted by Gasteiger charge is -2.18. The highest BCUT2D eigenvalue weighted by Crippen LogP contribution is 2.62. The van der Waals surface area contributed by atoms with E-state index < -0.39 is 0 Å². The molecule has 2 fully saturated rings. The molecular weight excluding hydrogens is 255 g/mol. The van der Waals surface area contributed by atoms with Gasteiger partial charge in [-0.25, -0.2) is 0 Å². The molecule has 3 atom stereocenters. The first-order valence-electron chi connectivity index (χ1n) is 6.13. The van der Waals surface area contributed by atoms with Crippen molar-refractivity contribution in [3.05, 3.63) is 33.8 Å². The van der Waals surface area contributed by atoms with Gasteiger partial charge in [0.2, 0.25) is 0 Å². The van der Waals surface area contributed by atoms with E-state index in [-0.39, 0.29) is 6.04 Å². The normalized spacial score (nSPS) is 32.3. The van der Waals surface area contributed by atoms with E-state index >= 15 is 0 Å². The molecule has 1 aromatic carbocycles. The molecule has 0 amide bonds. The van der Waals surface area contributed by atoms with Gasteiger partial charge in [-0.3, -0.25) is 11.3 Å². The van der Waals surface area contributed by atoms with E-state index in [0.29, 0.717) is 16.0 Å². The quantitative estimate of drug-likeness (QED) is 0.651. The maximum Gasteiger partial charge on any atom is 0.0595 e. The third kappa shape index (κ3) is 1.97. The van der Waals surface area contributed by atoms with Crippen LogP contribution in [-0.4, -0.2) is 0 Å². The van der Waals surface area contributed by atoms with Gasteiger partial charge in [-0.1, -0.05) is 35.7 Å². The van der Waals surface area contributed by atoms with Crippen LogP contribution in [0, 0.1) is 17.8 Å². The first kappa shape index (κ1) is 11.8. The van der Waals surface area contributed by atoms with Gasteiger partial charge in [0.05, 0.1) is 10.0 Å². The van der Waals surface area contributed by atoms with E-state index in [1.807, 2.05) is 18.2 Å². The van der Waals surface area contributed by atoms with Crippen molar-refractivity contribution in [1.29, 1.82) is 0 Å². The van der Waals surface area contributed by atoms with Crippen molar-refractivity contribution >= 4 is 23.2 Å². The van der Waals surface area contributed by atoms with Crippen molar-refractivity contribution in [3.63, 3.8) is 0 Å². The van der Waals surface area contributed by atoms with Gasteiger partial charge in [-0.2, -0.15) is 0 Å². The summed E-state index contributed by atoms with van der Waals surface area (Å²) in [5, 5.41) is 1.21. The van der Waals surface area contributed by atoms with E-state index in [1.54, 1.807) is 0 Å². The Hall–Kier alpha value is -0.280. The summed E-state index contributed by atoms with van der Waals surface area (Å²) in [6.45, 7) is 0. The molecule has 17 heavy (non-hydrogen) atoms. The molecule has 1 aromatic rings. The zero-order valence-corrected chi connectivity index (χ0v) is 11.0. The molecule has 3 rings (SSSR count). The topological polar surface area (TPSA) is 38.0 Å². The summed E-state index contributed by atoms with van der Waals surface area (Å²) in [5.41, 5.74) is 4.11. The van der Waals surface area contributed by atoms with E-state index in [4.69, 9.17) is 29.0 Å². The van der Waals surface area contributed by atoms with Crippen LogP contribution in [0.2, 0.25) is 10.0 Å². The Labute approximate surface area is 111 Å². The molecule has 4 heteroatoms. The van der Waals surface area contributed by atoms with Gasteiger partial charge in [0.25, 0.3) is 0 Å². The zero-order chi connectivity index (χ0) is 12.0. The lowest BCUT2D eigenvalue weighted by molar-refractivity contribution is 0.425. The minimum Gasteiger partial charge on any atom is -0.271 e. The molecule has 0 bridgehead atoms. The number of nitrogens with two attached hydrogens (primary N) is 1. The van der Waals surface area contributed by atoms with Gasteiger partial charge in [0.1, 0.15) is 0 Å². The number of benzene rings is 1. The summed E-state index contributed by atoms with van der Waals surface area (Å²) in [4.78, 5) is 0. The van der Waals surface area contributed by atoms with Crippen LogP contribution >= 0.6 is 23.2 Å². The van der Waals surface area contributed by atoms with Gasteiger partial charge in [0.15, 0.2) is 0 Å². The standard InChI is InChI=1S/C13H16Cl2N2/c14-10-5-4-7(6-11(10)15)13(17-16)12-8-2-1-3-9(8)12/h4-6,8-9,12-13,17H,1-3,16H2. The van der Waals surface area contributed by atoms with Crippen molar-refractivity contribution in [3.8, 4) is 0 Å². The summed E-state index contributed by atoms with van der Waals surface area (Å²) >= 11 is 12.0. The average Bonchev–Trinajstić information content (AvgIpc) is 2.79. The molecular formula is C13H16Cl2N2. The molecule has 92 valence electrons. The number of hydrogen-bond donors (Lipinski definition) is 2. The van der Waals surface area contributed by atoms with E-state index in [0.717, 1.165) is 17.4 Å². The van der Waals surface area contributed by atoms with E-state index in [9.17, 15) is 0 Å². The van der Waals surface area contributed by atoms with E-state index in [1.165, 1.54) is 19.3 Å². The fourth-order valence-corrected chi connectivity index (χ4v) is 3.81. The Kier molecular flexibility index (Phi) is 3.07. The van der Waals surface area contributed by atoms with Gasteiger partial charge < -0.3 is 0 Å². The second-order valence-electron chi connectivity index (χ2n) is 5.15. The first-order chi connectivity index (χ1) is 8.22. The van der Waals surface area contributed by atoms with Crippen LogP contribution in [0.15, 0.2) is 18.2 Å². The van der Waals surface area contributed by atoms with Crippen molar-refractivity contribution in [1.82, 2.24) is 5.43 Å². The van der Waals surface area contributed by atoms with Crippen LogP contribution in [0.5, 0.6) is 0 Å². The predicted octanol–water partition coefficient (Wildman–Crippen LogP) is 3.54. The highest BCUT2D eigenvalue weighted by molar-refractivity contribution is 6.42. The smallest absolute Gasteiger partial charge is 0.0595 e. The SMILES string of the molecule is NNC(c1ccc(Cl)c(Cl)c1)C1C2CCCC21. The molecule has 0 radical (unpaired) electrons. The minimum atomic E-state index is 0.222. The fraction of sp³-hybridized carbons (Fsp3) is 0.538. The Morgan fingerprint density at radius 1 is 1.18 bits per heavy atom.